The van der Waals surface area contributed by atoms with Crippen LogP contribution >= 0.6 is 0 Å². The van der Waals surface area contributed by atoms with E-state index in [1.807, 2.05) is 31.2 Å². The Morgan fingerprint density at radius 3 is 2.52 bits per heavy atom. The van der Waals surface area contributed by atoms with E-state index in [0.717, 1.165) is 31.2 Å². The summed E-state index contributed by atoms with van der Waals surface area (Å²) in [6.07, 6.45) is 10.5. The first-order valence-corrected chi connectivity index (χ1v) is 9.51. The van der Waals surface area contributed by atoms with Crippen molar-refractivity contribution in [2.24, 2.45) is 0 Å². The summed E-state index contributed by atoms with van der Waals surface area (Å²) in [6.45, 7) is 1.37. The smallest absolute Gasteiger partial charge is 0.344 e. The molecule has 0 heterocycles. The van der Waals surface area contributed by atoms with Gasteiger partial charge in [-0.05, 0) is 37.5 Å². The van der Waals surface area contributed by atoms with Crippen molar-refractivity contribution in [3.8, 4) is 11.5 Å². The van der Waals surface area contributed by atoms with Crippen LogP contribution in [0, 0.1) is 0 Å². The van der Waals surface area contributed by atoms with Gasteiger partial charge in [-0.25, -0.2) is 4.79 Å². The highest BCUT2D eigenvalue weighted by molar-refractivity contribution is 5.81. The number of nitrogens with one attached hydrogen (secondary N) is 1. The number of rotatable bonds is 8. The number of methoxy groups -OCH3 is 1. The normalized spacial score (nSPS) is 15.2. The van der Waals surface area contributed by atoms with E-state index in [1.165, 1.54) is 20.0 Å². The van der Waals surface area contributed by atoms with Crippen LogP contribution in [-0.2, 0) is 14.3 Å². The molecule has 1 aliphatic carbocycles. The van der Waals surface area contributed by atoms with E-state index in [9.17, 15) is 9.59 Å². The highest BCUT2D eigenvalue weighted by atomic mass is 16.6. The van der Waals surface area contributed by atoms with Crippen molar-refractivity contribution in [1.82, 2.24) is 5.32 Å². The van der Waals surface area contributed by atoms with E-state index in [0.29, 0.717) is 11.5 Å². The Morgan fingerprint density at radius 1 is 1.11 bits per heavy atom. The number of allylic oxidation sites excluding steroid dienone is 1. The van der Waals surface area contributed by atoms with Crippen molar-refractivity contribution < 1.29 is 23.8 Å². The average Bonchev–Trinajstić information content (AvgIpc) is 2.94. The van der Waals surface area contributed by atoms with Crippen LogP contribution in [-0.4, -0.2) is 38.2 Å². The highest BCUT2D eigenvalue weighted by Gasteiger charge is 2.16. The third kappa shape index (κ3) is 7.33. The van der Waals surface area contributed by atoms with Crippen molar-refractivity contribution >= 4 is 18.0 Å². The summed E-state index contributed by atoms with van der Waals surface area (Å²) < 4.78 is 15.8. The van der Waals surface area contributed by atoms with Gasteiger partial charge in [0.05, 0.1) is 7.11 Å². The number of esters is 1. The summed E-state index contributed by atoms with van der Waals surface area (Å²) >= 11 is 0. The second-order valence-electron chi connectivity index (χ2n) is 6.62. The second kappa shape index (κ2) is 11.3. The zero-order valence-electron chi connectivity index (χ0n) is 16.2. The van der Waals surface area contributed by atoms with Gasteiger partial charge in [-0.15, -0.1) is 0 Å². The first-order chi connectivity index (χ1) is 13.1. The van der Waals surface area contributed by atoms with Crippen LogP contribution in [0.3, 0.4) is 0 Å². The SMILES string of the molecule is C/C=C/c1ccc(OCC(=O)OCC(=O)NC2CCCCCC2)c(OC)c1. The number of benzene rings is 1. The first kappa shape index (κ1) is 20.8. The Morgan fingerprint density at radius 2 is 1.85 bits per heavy atom. The summed E-state index contributed by atoms with van der Waals surface area (Å²) in [4.78, 5) is 23.8. The highest BCUT2D eigenvalue weighted by Crippen LogP contribution is 2.28. The van der Waals surface area contributed by atoms with Crippen LogP contribution in [0.4, 0.5) is 0 Å². The molecule has 27 heavy (non-hydrogen) atoms. The molecule has 6 heteroatoms. The molecule has 1 fully saturated rings. The second-order valence-corrected chi connectivity index (χ2v) is 6.62. The quantitative estimate of drug-likeness (QED) is 0.556. The lowest BCUT2D eigenvalue weighted by atomic mass is 10.1. The Hall–Kier alpha value is -2.50. The number of hydrogen-bond donors (Lipinski definition) is 1. The minimum Gasteiger partial charge on any atom is -0.493 e. The largest absolute Gasteiger partial charge is 0.493 e. The lowest BCUT2D eigenvalue weighted by Gasteiger charge is -2.16. The Kier molecular flexibility index (Phi) is 8.68. The number of amides is 1. The molecule has 0 aliphatic heterocycles. The monoisotopic (exact) mass is 375 g/mol. The molecule has 1 aliphatic rings. The molecule has 1 N–H and O–H groups in total. The molecule has 0 spiro atoms. The number of ether oxygens (including phenoxy) is 3. The maximum atomic E-state index is 11.9. The molecule has 0 aromatic heterocycles. The van der Waals surface area contributed by atoms with Crippen molar-refractivity contribution in [2.75, 3.05) is 20.3 Å². The van der Waals surface area contributed by atoms with Gasteiger partial charge in [0.2, 0.25) is 0 Å². The van der Waals surface area contributed by atoms with Gasteiger partial charge in [-0.2, -0.15) is 0 Å². The summed E-state index contributed by atoms with van der Waals surface area (Å²) in [6, 6.07) is 5.61. The van der Waals surface area contributed by atoms with Crippen molar-refractivity contribution in [2.45, 2.75) is 51.5 Å². The number of hydrogen-bond acceptors (Lipinski definition) is 5. The van der Waals surface area contributed by atoms with E-state index in [4.69, 9.17) is 14.2 Å². The summed E-state index contributed by atoms with van der Waals surface area (Å²) in [5.74, 6) is 0.129. The van der Waals surface area contributed by atoms with Gasteiger partial charge in [0.1, 0.15) is 0 Å². The molecule has 0 unspecified atom stereocenters. The molecule has 148 valence electrons. The molecule has 6 nitrogen and oxygen atoms in total. The first-order valence-electron chi connectivity index (χ1n) is 9.51. The van der Waals surface area contributed by atoms with Gasteiger partial charge in [0, 0.05) is 6.04 Å². The minimum absolute atomic E-state index is 0.190. The van der Waals surface area contributed by atoms with Gasteiger partial charge >= 0.3 is 5.97 Å². The predicted molar refractivity (Wildman–Crippen MR) is 104 cm³/mol. The van der Waals surface area contributed by atoms with Gasteiger partial charge in [-0.1, -0.05) is 43.9 Å². The molecule has 2 rings (SSSR count). The van der Waals surface area contributed by atoms with Gasteiger partial charge in [0.25, 0.3) is 5.91 Å². The van der Waals surface area contributed by atoms with Crippen LogP contribution in [0.2, 0.25) is 0 Å². The minimum atomic E-state index is -0.592. The molecule has 1 aromatic carbocycles. The molecule has 1 saturated carbocycles. The Balaban J connectivity index is 1.74. The van der Waals surface area contributed by atoms with E-state index < -0.39 is 5.97 Å². The molecule has 1 aromatic rings. The zero-order valence-corrected chi connectivity index (χ0v) is 16.2. The fourth-order valence-corrected chi connectivity index (χ4v) is 3.12. The van der Waals surface area contributed by atoms with E-state index >= 15 is 0 Å². The zero-order chi connectivity index (χ0) is 19.5. The fraction of sp³-hybridized carbons (Fsp3) is 0.524. The molecule has 0 saturated heterocycles. The van der Waals surface area contributed by atoms with Crippen LogP contribution in [0.1, 0.15) is 51.0 Å². The Labute approximate surface area is 160 Å². The number of carbonyl (C=O) groups is 2. The fourth-order valence-electron chi connectivity index (χ4n) is 3.12. The van der Waals surface area contributed by atoms with Crippen LogP contribution in [0.25, 0.3) is 6.08 Å². The summed E-state index contributed by atoms with van der Waals surface area (Å²) in [7, 11) is 1.54. The predicted octanol–water partition coefficient (Wildman–Crippen LogP) is 3.49. The van der Waals surface area contributed by atoms with Crippen LogP contribution in [0.5, 0.6) is 11.5 Å². The van der Waals surface area contributed by atoms with E-state index in [1.54, 1.807) is 6.07 Å². The lowest BCUT2D eigenvalue weighted by Crippen LogP contribution is -2.37. The maximum Gasteiger partial charge on any atom is 0.344 e. The summed E-state index contributed by atoms with van der Waals surface area (Å²) in [5, 5.41) is 2.94. The van der Waals surface area contributed by atoms with Crippen LogP contribution < -0.4 is 14.8 Å². The molecule has 0 radical (unpaired) electrons. The van der Waals surface area contributed by atoms with Gasteiger partial charge in [-0.3, -0.25) is 4.79 Å². The molecule has 1 amide bonds. The molecular weight excluding hydrogens is 346 g/mol. The standard InChI is InChI=1S/C21H29NO5/c1-3-8-16-11-12-18(19(13-16)25-2)26-15-21(24)27-14-20(23)22-17-9-6-4-5-7-10-17/h3,8,11-13,17H,4-7,9-10,14-15H2,1-2H3,(H,22,23)/b8-3+. The van der Waals surface area contributed by atoms with Crippen molar-refractivity contribution in [3.63, 3.8) is 0 Å². The molecule has 0 bridgehead atoms. The van der Waals surface area contributed by atoms with E-state index in [2.05, 4.69) is 5.32 Å². The Bertz CT molecular complexity index is 648. The van der Waals surface area contributed by atoms with Gasteiger partial charge in [0.15, 0.2) is 24.7 Å². The maximum absolute atomic E-state index is 11.9. The van der Waals surface area contributed by atoms with Crippen molar-refractivity contribution in [1.29, 1.82) is 0 Å². The van der Waals surface area contributed by atoms with Gasteiger partial charge < -0.3 is 19.5 Å². The lowest BCUT2D eigenvalue weighted by molar-refractivity contribution is -0.150. The topological polar surface area (TPSA) is 73.9 Å². The molecule has 0 atom stereocenters. The summed E-state index contributed by atoms with van der Waals surface area (Å²) in [5.41, 5.74) is 0.972. The third-order valence-corrected chi connectivity index (χ3v) is 4.48. The van der Waals surface area contributed by atoms with E-state index in [-0.39, 0.29) is 25.2 Å². The average molecular weight is 375 g/mol. The number of carbonyl (C=O) groups excluding carboxylic acids is 2. The third-order valence-electron chi connectivity index (χ3n) is 4.48. The molecular formula is C21H29NO5. The van der Waals surface area contributed by atoms with Crippen LogP contribution in [0.15, 0.2) is 24.3 Å². The van der Waals surface area contributed by atoms with Crippen molar-refractivity contribution in [3.05, 3.63) is 29.8 Å².